The summed E-state index contributed by atoms with van der Waals surface area (Å²) < 4.78 is 0. The lowest BCUT2D eigenvalue weighted by molar-refractivity contribution is 0.396. The number of nitrogens with zero attached hydrogens (tertiary/aromatic N) is 3. The molecule has 0 fully saturated rings. The van der Waals surface area contributed by atoms with Gasteiger partial charge < -0.3 is 10.2 Å². The molecule has 4 heteroatoms. The van der Waals surface area contributed by atoms with Crippen LogP contribution in [0.15, 0.2) is 18.5 Å². The Balaban J connectivity index is 2.30. The van der Waals surface area contributed by atoms with E-state index in [0.29, 0.717) is 5.56 Å². The van der Waals surface area contributed by atoms with Crippen LogP contribution in [0.1, 0.15) is 18.4 Å². The standard InChI is InChI=1S/C12H18N4/c1-16(2)8-4-3-6-15-12-10-14-7-5-11(12)9-13/h5,7,10,15H,3-4,6,8H2,1-2H3. The Hall–Kier alpha value is -1.60. The van der Waals surface area contributed by atoms with Crippen LogP contribution < -0.4 is 5.32 Å². The van der Waals surface area contributed by atoms with Gasteiger partial charge in [-0.15, -0.1) is 0 Å². The van der Waals surface area contributed by atoms with E-state index in [1.165, 1.54) is 0 Å². The second-order valence-electron chi connectivity index (χ2n) is 3.97. The van der Waals surface area contributed by atoms with Crippen molar-refractivity contribution in [3.63, 3.8) is 0 Å². The van der Waals surface area contributed by atoms with Gasteiger partial charge in [-0.25, -0.2) is 0 Å². The molecule has 1 aromatic heterocycles. The lowest BCUT2D eigenvalue weighted by atomic mass is 10.2. The molecule has 0 saturated heterocycles. The van der Waals surface area contributed by atoms with Gasteiger partial charge in [0, 0.05) is 12.7 Å². The van der Waals surface area contributed by atoms with Crippen LogP contribution in [-0.2, 0) is 0 Å². The summed E-state index contributed by atoms with van der Waals surface area (Å²) in [7, 11) is 4.14. The Bertz CT molecular complexity index is 354. The summed E-state index contributed by atoms with van der Waals surface area (Å²) in [5, 5.41) is 12.1. The number of unbranched alkanes of at least 4 members (excludes halogenated alkanes) is 1. The van der Waals surface area contributed by atoms with E-state index in [9.17, 15) is 0 Å². The molecule has 0 aliphatic rings. The fraction of sp³-hybridized carbons (Fsp3) is 0.500. The van der Waals surface area contributed by atoms with Crippen molar-refractivity contribution in [3.8, 4) is 6.07 Å². The molecule has 1 N–H and O–H groups in total. The third-order valence-electron chi connectivity index (χ3n) is 2.29. The van der Waals surface area contributed by atoms with Crippen molar-refractivity contribution in [1.29, 1.82) is 5.26 Å². The summed E-state index contributed by atoms with van der Waals surface area (Å²) in [4.78, 5) is 6.17. The Labute approximate surface area is 96.9 Å². The van der Waals surface area contributed by atoms with Crippen molar-refractivity contribution in [2.75, 3.05) is 32.5 Å². The van der Waals surface area contributed by atoms with Crippen LogP contribution in [0.25, 0.3) is 0 Å². The number of hydrogen-bond donors (Lipinski definition) is 1. The van der Waals surface area contributed by atoms with E-state index >= 15 is 0 Å². The van der Waals surface area contributed by atoms with E-state index in [2.05, 4.69) is 35.4 Å². The topological polar surface area (TPSA) is 52.0 Å². The first-order chi connectivity index (χ1) is 7.74. The van der Waals surface area contributed by atoms with E-state index in [-0.39, 0.29) is 0 Å². The van der Waals surface area contributed by atoms with E-state index in [0.717, 1.165) is 31.6 Å². The number of hydrogen-bond acceptors (Lipinski definition) is 4. The second kappa shape index (κ2) is 6.81. The molecule has 16 heavy (non-hydrogen) atoms. The van der Waals surface area contributed by atoms with Crippen LogP contribution in [0.2, 0.25) is 0 Å². The van der Waals surface area contributed by atoms with Crippen LogP contribution in [0.3, 0.4) is 0 Å². The molecule has 0 amide bonds. The van der Waals surface area contributed by atoms with Gasteiger partial charge in [-0.1, -0.05) is 0 Å². The van der Waals surface area contributed by atoms with Gasteiger partial charge in [0.25, 0.3) is 0 Å². The van der Waals surface area contributed by atoms with Crippen molar-refractivity contribution in [3.05, 3.63) is 24.0 Å². The molecule has 0 bridgehead atoms. The molecule has 0 unspecified atom stereocenters. The number of rotatable bonds is 6. The first-order valence-corrected chi connectivity index (χ1v) is 5.46. The quantitative estimate of drug-likeness (QED) is 0.738. The summed E-state index contributed by atoms with van der Waals surface area (Å²) in [5.41, 5.74) is 1.48. The van der Waals surface area contributed by atoms with Crippen LogP contribution in [0.5, 0.6) is 0 Å². The summed E-state index contributed by atoms with van der Waals surface area (Å²) in [6, 6.07) is 3.87. The smallest absolute Gasteiger partial charge is 0.101 e. The molecule has 1 heterocycles. The van der Waals surface area contributed by atoms with Crippen molar-refractivity contribution in [1.82, 2.24) is 9.88 Å². The van der Waals surface area contributed by atoms with Gasteiger partial charge in [-0.2, -0.15) is 5.26 Å². The van der Waals surface area contributed by atoms with Crippen molar-refractivity contribution in [2.24, 2.45) is 0 Å². The van der Waals surface area contributed by atoms with Gasteiger partial charge in [0.05, 0.1) is 17.4 Å². The molecular formula is C12H18N4. The first kappa shape index (κ1) is 12.5. The molecule has 1 aromatic rings. The Kier molecular flexibility index (Phi) is 5.30. The summed E-state index contributed by atoms with van der Waals surface area (Å²) in [6.07, 6.45) is 5.58. The van der Waals surface area contributed by atoms with Gasteiger partial charge in [-0.3, -0.25) is 4.98 Å². The molecular weight excluding hydrogens is 200 g/mol. The zero-order chi connectivity index (χ0) is 11.8. The molecule has 1 rings (SSSR count). The summed E-state index contributed by atoms with van der Waals surface area (Å²) in [5.74, 6) is 0. The summed E-state index contributed by atoms with van der Waals surface area (Å²) >= 11 is 0. The maximum atomic E-state index is 8.87. The fourth-order valence-electron chi connectivity index (χ4n) is 1.41. The van der Waals surface area contributed by atoms with Gasteiger partial charge in [0.1, 0.15) is 6.07 Å². The number of aromatic nitrogens is 1. The van der Waals surface area contributed by atoms with Gasteiger partial charge in [-0.05, 0) is 39.5 Å². The van der Waals surface area contributed by atoms with Gasteiger partial charge in [0.2, 0.25) is 0 Å². The normalized spacial score (nSPS) is 10.1. The minimum atomic E-state index is 0.655. The highest BCUT2D eigenvalue weighted by Crippen LogP contribution is 2.11. The molecule has 0 aliphatic carbocycles. The van der Waals surface area contributed by atoms with E-state index < -0.39 is 0 Å². The SMILES string of the molecule is CN(C)CCCCNc1cnccc1C#N. The largest absolute Gasteiger partial charge is 0.383 e. The van der Waals surface area contributed by atoms with Crippen LogP contribution in [0.4, 0.5) is 5.69 Å². The zero-order valence-corrected chi connectivity index (χ0v) is 9.90. The molecule has 0 atom stereocenters. The monoisotopic (exact) mass is 218 g/mol. The number of anilines is 1. The van der Waals surface area contributed by atoms with Crippen LogP contribution in [0, 0.1) is 11.3 Å². The van der Waals surface area contributed by atoms with Crippen LogP contribution >= 0.6 is 0 Å². The number of nitrogens with one attached hydrogen (secondary N) is 1. The number of nitriles is 1. The van der Waals surface area contributed by atoms with Crippen molar-refractivity contribution >= 4 is 5.69 Å². The third kappa shape index (κ3) is 4.28. The first-order valence-electron chi connectivity index (χ1n) is 5.46. The molecule has 0 spiro atoms. The highest BCUT2D eigenvalue weighted by Gasteiger charge is 1.99. The van der Waals surface area contributed by atoms with Crippen molar-refractivity contribution in [2.45, 2.75) is 12.8 Å². The highest BCUT2D eigenvalue weighted by atomic mass is 15.0. The molecule has 86 valence electrons. The van der Waals surface area contributed by atoms with Crippen molar-refractivity contribution < 1.29 is 0 Å². The second-order valence-corrected chi connectivity index (χ2v) is 3.97. The minimum Gasteiger partial charge on any atom is -0.383 e. The average Bonchev–Trinajstić information content (AvgIpc) is 2.29. The Morgan fingerprint density at radius 1 is 1.44 bits per heavy atom. The maximum Gasteiger partial charge on any atom is 0.101 e. The molecule has 0 aliphatic heterocycles. The average molecular weight is 218 g/mol. The van der Waals surface area contributed by atoms with Gasteiger partial charge >= 0.3 is 0 Å². The predicted octanol–water partition coefficient (Wildman–Crippen LogP) is 1.71. The predicted molar refractivity (Wildman–Crippen MR) is 65.2 cm³/mol. The Morgan fingerprint density at radius 3 is 2.94 bits per heavy atom. The minimum absolute atomic E-state index is 0.655. The number of pyridine rings is 1. The lowest BCUT2D eigenvalue weighted by Gasteiger charge is -2.10. The van der Waals surface area contributed by atoms with E-state index in [1.807, 2.05) is 0 Å². The molecule has 4 nitrogen and oxygen atoms in total. The lowest BCUT2D eigenvalue weighted by Crippen LogP contribution is -2.14. The third-order valence-corrected chi connectivity index (χ3v) is 2.29. The Morgan fingerprint density at radius 2 is 2.25 bits per heavy atom. The highest BCUT2D eigenvalue weighted by molar-refractivity contribution is 5.55. The summed E-state index contributed by atoms with van der Waals surface area (Å²) in [6.45, 7) is 1.98. The van der Waals surface area contributed by atoms with E-state index in [4.69, 9.17) is 5.26 Å². The molecule has 0 radical (unpaired) electrons. The van der Waals surface area contributed by atoms with Crippen LogP contribution in [-0.4, -0.2) is 37.1 Å². The molecule has 0 saturated carbocycles. The zero-order valence-electron chi connectivity index (χ0n) is 9.90. The van der Waals surface area contributed by atoms with E-state index in [1.54, 1.807) is 18.5 Å². The fourth-order valence-corrected chi connectivity index (χ4v) is 1.41. The maximum absolute atomic E-state index is 8.87. The van der Waals surface area contributed by atoms with Gasteiger partial charge in [0.15, 0.2) is 0 Å². The molecule has 0 aromatic carbocycles.